The zero-order valence-corrected chi connectivity index (χ0v) is 20.2. The number of nitrogens with one attached hydrogen (secondary N) is 1. The van der Waals surface area contributed by atoms with Crippen LogP contribution in [0.4, 0.5) is 11.4 Å². The second kappa shape index (κ2) is 11.5. The average molecular weight is 468 g/mol. The van der Waals surface area contributed by atoms with Crippen LogP contribution in [-0.2, 0) is 16.1 Å². The highest BCUT2D eigenvalue weighted by Crippen LogP contribution is 2.26. The SMILES string of the molecule is CCN(CC)c1ccc(-c2nnc(SCC(=O)Nc3cccc(C(=O)OC)c3)n2CC)cc1. The molecule has 1 aromatic heterocycles. The summed E-state index contributed by atoms with van der Waals surface area (Å²) < 4.78 is 6.72. The third-order valence-corrected chi connectivity index (χ3v) is 6.15. The quantitative estimate of drug-likeness (QED) is 0.351. The van der Waals surface area contributed by atoms with Crippen molar-refractivity contribution in [3.05, 3.63) is 54.1 Å². The number of thioether (sulfide) groups is 1. The predicted octanol–water partition coefficient (Wildman–Crippen LogP) is 4.33. The molecule has 0 bridgehead atoms. The molecule has 3 rings (SSSR count). The highest BCUT2D eigenvalue weighted by atomic mass is 32.2. The first-order valence-electron chi connectivity index (χ1n) is 10.9. The molecule has 0 fully saturated rings. The minimum absolute atomic E-state index is 0.168. The number of benzene rings is 2. The van der Waals surface area contributed by atoms with E-state index in [1.165, 1.54) is 24.6 Å². The summed E-state index contributed by atoms with van der Waals surface area (Å²) in [7, 11) is 1.32. The van der Waals surface area contributed by atoms with Crippen LogP contribution >= 0.6 is 11.8 Å². The summed E-state index contributed by atoms with van der Waals surface area (Å²) in [6.07, 6.45) is 0. The first-order chi connectivity index (χ1) is 16.0. The Labute approximate surface area is 198 Å². The maximum absolute atomic E-state index is 12.5. The Bertz CT molecular complexity index is 1090. The van der Waals surface area contributed by atoms with Gasteiger partial charge in [0.1, 0.15) is 0 Å². The van der Waals surface area contributed by atoms with Crippen LogP contribution in [0.1, 0.15) is 31.1 Å². The molecule has 0 spiro atoms. The Balaban J connectivity index is 1.67. The van der Waals surface area contributed by atoms with E-state index in [4.69, 9.17) is 4.74 Å². The maximum Gasteiger partial charge on any atom is 0.337 e. The molecule has 0 atom stereocenters. The summed E-state index contributed by atoms with van der Waals surface area (Å²) in [4.78, 5) is 26.4. The number of carbonyl (C=O) groups is 2. The summed E-state index contributed by atoms with van der Waals surface area (Å²) in [5.41, 5.74) is 3.07. The Kier molecular flexibility index (Phi) is 8.48. The summed E-state index contributed by atoms with van der Waals surface area (Å²) in [5.74, 6) is 0.297. The Hall–Kier alpha value is -3.33. The van der Waals surface area contributed by atoms with Gasteiger partial charge in [-0.1, -0.05) is 17.8 Å². The van der Waals surface area contributed by atoms with Crippen LogP contribution < -0.4 is 10.2 Å². The molecule has 3 aromatic rings. The zero-order valence-electron chi connectivity index (χ0n) is 19.4. The Morgan fingerprint density at radius 3 is 2.42 bits per heavy atom. The first-order valence-corrected chi connectivity index (χ1v) is 11.9. The molecule has 0 aliphatic rings. The lowest BCUT2D eigenvalue weighted by Gasteiger charge is -2.21. The molecule has 174 valence electrons. The second-order valence-electron chi connectivity index (χ2n) is 7.18. The van der Waals surface area contributed by atoms with Crippen molar-refractivity contribution < 1.29 is 14.3 Å². The van der Waals surface area contributed by atoms with Crippen molar-refractivity contribution in [2.24, 2.45) is 0 Å². The van der Waals surface area contributed by atoms with E-state index < -0.39 is 5.97 Å². The minimum Gasteiger partial charge on any atom is -0.465 e. The molecule has 0 unspecified atom stereocenters. The monoisotopic (exact) mass is 467 g/mol. The van der Waals surface area contributed by atoms with Crippen LogP contribution in [0.3, 0.4) is 0 Å². The van der Waals surface area contributed by atoms with Gasteiger partial charge in [0.15, 0.2) is 11.0 Å². The molecule has 2 aromatic carbocycles. The molecule has 1 heterocycles. The molecule has 33 heavy (non-hydrogen) atoms. The molecule has 0 aliphatic carbocycles. The van der Waals surface area contributed by atoms with E-state index in [1.54, 1.807) is 24.3 Å². The summed E-state index contributed by atoms with van der Waals surface area (Å²) in [5, 5.41) is 12.2. The van der Waals surface area contributed by atoms with Gasteiger partial charge in [0.2, 0.25) is 5.91 Å². The number of esters is 1. The number of methoxy groups -OCH3 is 1. The van der Waals surface area contributed by atoms with Crippen LogP contribution in [0.25, 0.3) is 11.4 Å². The molecule has 0 saturated heterocycles. The van der Waals surface area contributed by atoms with Crippen LogP contribution in [-0.4, -0.2) is 52.6 Å². The van der Waals surface area contributed by atoms with E-state index in [2.05, 4.69) is 58.5 Å². The van der Waals surface area contributed by atoms with Gasteiger partial charge in [-0.15, -0.1) is 10.2 Å². The molecule has 0 saturated carbocycles. The van der Waals surface area contributed by atoms with Gasteiger partial charge in [0.25, 0.3) is 0 Å². The number of aromatic nitrogens is 3. The normalized spacial score (nSPS) is 10.7. The number of ether oxygens (including phenoxy) is 1. The minimum atomic E-state index is -0.450. The number of carbonyl (C=O) groups excluding carboxylic acids is 2. The Morgan fingerprint density at radius 2 is 1.79 bits per heavy atom. The number of amides is 1. The largest absolute Gasteiger partial charge is 0.465 e. The van der Waals surface area contributed by atoms with Gasteiger partial charge in [-0.2, -0.15) is 0 Å². The van der Waals surface area contributed by atoms with E-state index >= 15 is 0 Å². The third kappa shape index (κ3) is 5.92. The van der Waals surface area contributed by atoms with Crippen molar-refractivity contribution in [3.8, 4) is 11.4 Å². The van der Waals surface area contributed by atoms with Crippen molar-refractivity contribution in [3.63, 3.8) is 0 Å². The molecule has 8 nitrogen and oxygen atoms in total. The number of anilines is 2. The lowest BCUT2D eigenvalue weighted by atomic mass is 10.2. The highest BCUT2D eigenvalue weighted by Gasteiger charge is 2.15. The molecule has 1 amide bonds. The number of rotatable bonds is 10. The summed E-state index contributed by atoms with van der Waals surface area (Å²) in [6, 6.07) is 14.9. The van der Waals surface area contributed by atoms with E-state index in [0.717, 1.165) is 24.5 Å². The fourth-order valence-corrected chi connectivity index (χ4v) is 4.28. The van der Waals surface area contributed by atoms with Crippen LogP contribution in [0, 0.1) is 0 Å². The molecule has 0 radical (unpaired) electrons. The lowest BCUT2D eigenvalue weighted by molar-refractivity contribution is -0.113. The number of hydrogen-bond donors (Lipinski definition) is 1. The van der Waals surface area contributed by atoms with Crippen LogP contribution in [0.2, 0.25) is 0 Å². The highest BCUT2D eigenvalue weighted by molar-refractivity contribution is 7.99. The van der Waals surface area contributed by atoms with E-state index in [0.29, 0.717) is 23.0 Å². The van der Waals surface area contributed by atoms with E-state index in [1.807, 2.05) is 11.5 Å². The van der Waals surface area contributed by atoms with Gasteiger partial charge < -0.3 is 19.5 Å². The summed E-state index contributed by atoms with van der Waals surface area (Å²) in [6.45, 7) is 8.90. The van der Waals surface area contributed by atoms with Gasteiger partial charge in [0, 0.05) is 36.6 Å². The maximum atomic E-state index is 12.5. The molecule has 1 N–H and O–H groups in total. The molecular weight excluding hydrogens is 438 g/mol. The smallest absolute Gasteiger partial charge is 0.337 e. The van der Waals surface area contributed by atoms with Crippen molar-refractivity contribution in [1.29, 1.82) is 0 Å². The van der Waals surface area contributed by atoms with Crippen molar-refractivity contribution in [2.45, 2.75) is 32.5 Å². The van der Waals surface area contributed by atoms with Crippen LogP contribution in [0.15, 0.2) is 53.7 Å². The van der Waals surface area contributed by atoms with Crippen molar-refractivity contribution in [2.75, 3.05) is 36.2 Å². The molecule has 0 aliphatic heterocycles. The molecule has 9 heteroatoms. The lowest BCUT2D eigenvalue weighted by Crippen LogP contribution is -2.21. The number of nitrogens with zero attached hydrogens (tertiary/aromatic N) is 4. The third-order valence-electron chi connectivity index (χ3n) is 5.19. The molecular formula is C24H29N5O3S. The van der Waals surface area contributed by atoms with Crippen molar-refractivity contribution >= 4 is 35.0 Å². The van der Waals surface area contributed by atoms with Crippen molar-refractivity contribution in [1.82, 2.24) is 14.8 Å². The standard InChI is InChI=1S/C24H29N5O3S/c1-5-28(6-2)20-13-11-17(12-14-20)22-26-27-24(29(22)7-3)33-16-21(30)25-19-10-8-9-18(15-19)23(31)32-4/h8-15H,5-7,16H2,1-4H3,(H,25,30). The predicted molar refractivity (Wildman–Crippen MR) is 132 cm³/mol. The second-order valence-corrected chi connectivity index (χ2v) is 8.12. The fraction of sp³-hybridized carbons (Fsp3) is 0.333. The van der Waals surface area contributed by atoms with Gasteiger partial charge in [0.05, 0.1) is 18.4 Å². The van der Waals surface area contributed by atoms with Crippen LogP contribution in [0.5, 0.6) is 0 Å². The van der Waals surface area contributed by atoms with E-state index in [9.17, 15) is 9.59 Å². The average Bonchev–Trinajstić information content (AvgIpc) is 3.26. The Morgan fingerprint density at radius 1 is 1.06 bits per heavy atom. The van der Waals surface area contributed by atoms with Gasteiger partial charge in [-0.05, 0) is 63.2 Å². The number of hydrogen-bond acceptors (Lipinski definition) is 7. The first kappa shape index (κ1) is 24.3. The topological polar surface area (TPSA) is 89.3 Å². The summed E-state index contributed by atoms with van der Waals surface area (Å²) >= 11 is 1.32. The van der Waals surface area contributed by atoms with Gasteiger partial charge in [-0.25, -0.2) is 4.79 Å². The zero-order chi connectivity index (χ0) is 23.8. The van der Waals surface area contributed by atoms with Gasteiger partial charge >= 0.3 is 5.97 Å². The van der Waals surface area contributed by atoms with Gasteiger partial charge in [-0.3, -0.25) is 4.79 Å². The fourth-order valence-electron chi connectivity index (χ4n) is 3.47. The van der Waals surface area contributed by atoms with E-state index in [-0.39, 0.29) is 11.7 Å².